The van der Waals surface area contributed by atoms with Crippen LogP contribution in [0.15, 0.2) is 18.2 Å². The summed E-state index contributed by atoms with van der Waals surface area (Å²) in [6.45, 7) is 3.43. The molecule has 0 unspecified atom stereocenters. The van der Waals surface area contributed by atoms with Gasteiger partial charge in [-0.15, -0.1) is 0 Å². The van der Waals surface area contributed by atoms with Gasteiger partial charge in [-0.05, 0) is 30.7 Å². The van der Waals surface area contributed by atoms with Crippen molar-refractivity contribution in [2.45, 2.75) is 13.8 Å². The van der Waals surface area contributed by atoms with Gasteiger partial charge < -0.3 is 10.0 Å². The van der Waals surface area contributed by atoms with Crippen LogP contribution < -0.4 is 10.0 Å². The first-order chi connectivity index (χ1) is 6.13. The van der Waals surface area contributed by atoms with E-state index in [1.165, 1.54) is 6.92 Å². The second-order valence-corrected chi connectivity index (χ2v) is 3.05. The number of thiol groups is 1. The molecule has 0 aliphatic heterocycles. The fourth-order valence-electron chi connectivity index (χ4n) is 1.07. The number of benzene rings is 1. The Morgan fingerprint density at radius 2 is 2.15 bits per heavy atom. The van der Waals surface area contributed by atoms with E-state index in [4.69, 9.17) is 0 Å². The standard InChI is InChI=1S/C9H12N2OS/c1-6-5-8(10-7(2)12)3-4-9(6)11-13/h3-5,11,13H,1-2H3,(H,10,12). The Morgan fingerprint density at radius 1 is 1.46 bits per heavy atom. The van der Waals surface area contributed by atoms with E-state index in [1.54, 1.807) is 0 Å². The number of carbonyl (C=O) groups excluding carboxylic acids is 1. The molecule has 0 aliphatic rings. The maximum Gasteiger partial charge on any atom is 0.221 e. The lowest BCUT2D eigenvalue weighted by atomic mass is 10.2. The molecule has 0 spiro atoms. The molecule has 0 atom stereocenters. The van der Waals surface area contributed by atoms with E-state index in [0.717, 1.165) is 16.9 Å². The number of carbonyl (C=O) groups is 1. The third kappa shape index (κ3) is 2.66. The van der Waals surface area contributed by atoms with Gasteiger partial charge in [0.1, 0.15) is 0 Å². The summed E-state index contributed by atoms with van der Waals surface area (Å²) in [6, 6.07) is 5.58. The average Bonchev–Trinajstić information content (AvgIpc) is 2.03. The van der Waals surface area contributed by atoms with Gasteiger partial charge in [-0.3, -0.25) is 4.79 Å². The molecular weight excluding hydrogens is 184 g/mol. The molecule has 13 heavy (non-hydrogen) atoms. The first-order valence-corrected chi connectivity index (χ1v) is 4.36. The Labute approximate surface area is 83.1 Å². The van der Waals surface area contributed by atoms with Crippen LogP contribution in [0.5, 0.6) is 0 Å². The van der Waals surface area contributed by atoms with E-state index >= 15 is 0 Å². The van der Waals surface area contributed by atoms with Crippen LogP contribution in [-0.4, -0.2) is 5.91 Å². The number of anilines is 2. The molecule has 0 heterocycles. The highest BCUT2D eigenvalue weighted by Gasteiger charge is 1.99. The molecule has 2 N–H and O–H groups in total. The number of rotatable bonds is 2. The van der Waals surface area contributed by atoms with Crippen molar-refractivity contribution in [1.29, 1.82) is 0 Å². The van der Waals surface area contributed by atoms with Gasteiger partial charge >= 0.3 is 0 Å². The van der Waals surface area contributed by atoms with Crippen molar-refractivity contribution in [2.75, 3.05) is 10.0 Å². The number of hydrogen-bond donors (Lipinski definition) is 3. The van der Waals surface area contributed by atoms with Gasteiger partial charge in [-0.1, -0.05) is 12.8 Å². The Hall–Kier alpha value is -1.16. The van der Waals surface area contributed by atoms with E-state index in [1.807, 2.05) is 25.1 Å². The maximum atomic E-state index is 10.7. The van der Waals surface area contributed by atoms with E-state index in [9.17, 15) is 4.79 Å². The van der Waals surface area contributed by atoms with Gasteiger partial charge in [-0.25, -0.2) is 0 Å². The normalized spacial score (nSPS) is 9.46. The minimum Gasteiger partial charge on any atom is -0.332 e. The third-order valence-corrected chi connectivity index (χ3v) is 1.91. The van der Waals surface area contributed by atoms with Gasteiger partial charge in [0.25, 0.3) is 0 Å². The lowest BCUT2D eigenvalue weighted by molar-refractivity contribution is -0.114. The van der Waals surface area contributed by atoms with Crippen molar-refractivity contribution >= 4 is 30.1 Å². The van der Waals surface area contributed by atoms with Crippen LogP contribution >= 0.6 is 12.8 Å². The van der Waals surface area contributed by atoms with Crippen molar-refractivity contribution in [2.24, 2.45) is 0 Å². The summed E-state index contributed by atoms with van der Waals surface area (Å²) in [5.41, 5.74) is 2.79. The monoisotopic (exact) mass is 196 g/mol. The first-order valence-electron chi connectivity index (χ1n) is 3.92. The van der Waals surface area contributed by atoms with Gasteiger partial charge in [0.05, 0.1) is 0 Å². The quantitative estimate of drug-likeness (QED) is 0.635. The van der Waals surface area contributed by atoms with Gasteiger partial charge in [-0.2, -0.15) is 0 Å². The molecule has 0 aromatic heterocycles. The SMILES string of the molecule is CC(=O)Nc1ccc(NS)c(C)c1. The van der Waals surface area contributed by atoms with E-state index < -0.39 is 0 Å². The van der Waals surface area contributed by atoms with Gasteiger partial charge in [0.15, 0.2) is 0 Å². The summed E-state index contributed by atoms with van der Waals surface area (Å²) < 4.78 is 2.76. The summed E-state index contributed by atoms with van der Waals surface area (Å²) in [6.07, 6.45) is 0. The Kier molecular flexibility index (Phi) is 3.19. The van der Waals surface area contributed by atoms with Crippen molar-refractivity contribution in [1.82, 2.24) is 0 Å². The molecule has 0 saturated carbocycles. The predicted octanol–water partition coefficient (Wildman–Crippen LogP) is 2.21. The summed E-state index contributed by atoms with van der Waals surface area (Å²) in [5.74, 6) is -0.0639. The number of nitrogens with one attached hydrogen (secondary N) is 2. The zero-order valence-corrected chi connectivity index (χ0v) is 8.48. The summed E-state index contributed by atoms with van der Waals surface area (Å²) in [7, 11) is 0. The minimum absolute atomic E-state index is 0.0639. The van der Waals surface area contributed by atoms with Crippen LogP contribution in [0.1, 0.15) is 12.5 Å². The number of aryl methyl sites for hydroxylation is 1. The lowest BCUT2D eigenvalue weighted by Gasteiger charge is -2.07. The highest BCUT2D eigenvalue weighted by molar-refractivity contribution is 7.81. The summed E-state index contributed by atoms with van der Waals surface area (Å²) in [5, 5.41) is 2.71. The molecular formula is C9H12N2OS. The Bertz CT molecular complexity index is 325. The molecule has 3 nitrogen and oxygen atoms in total. The van der Waals surface area contributed by atoms with Crippen LogP contribution in [0.4, 0.5) is 11.4 Å². The maximum absolute atomic E-state index is 10.7. The lowest BCUT2D eigenvalue weighted by Crippen LogP contribution is -2.05. The molecule has 0 fully saturated rings. The minimum atomic E-state index is -0.0639. The van der Waals surface area contributed by atoms with Crippen LogP contribution in [-0.2, 0) is 4.79 Å². The van der Waals surface area contributed by atoms with Crippen LogP contribution in [0, 0.1) is 6.92 Å². The highest BCUT2D eigenvalue weighted by Crippen LogP contribution is 2.19. The molecule has 0 saturated heterocycles. The molecule has 1 aromatic rings. The number of amides is 1. The van der Waals surface area contributed by atoms with Crippen LogP contribution in [0.3, 0.4) is 0 Å². The van der Waals surface area contributed by atoms with Crippen molar-refractivity contribution in [3.63, 3.8) is 0 Å². The molecule has 4 heteroatoms. The topological polar surface area (TPSA) is 41.1 Å². The highest BCUT2D eigenvalue weighted by atomic mass is 32.1. The number of hydrogen-bond acceptors (Lipinski definition) is 3. The van der Waals surface area contributed by atoms with Crippen molar-refractivity contribution in [3.8, 4) is 0 Å². The second kappa shape index (κ2) is 4.18. The van der Waals surface area contributed by atoms with Crippen molar-refractivity contribution in [3.05, 3.63) is 23.8 Å². The fraction of sp³-hybridized carbons (Fsp3) is 0.222. The average molecular weight is 196 g/mol. The van der Waals surface area contributed by atoms with E-state index in [-0.39, 0.29) is 5.91 Å². The van der Waals surface area contributed by atoms with E-state index in [0.29, 0.717) is 0 Å². The third-order valence-electron chi connectivity index (χ3n) is 1.67. The Morgan fingerprint density at radius 3 is 2.62 bits per heavy atom. The molecule has 0 aliphatic carbocycles. The zero-order valence-electron chi connectivity index (χ0n) is 7.59. The summed E-state index contributed by atoms with van der Waals surface area (Å²) >= 11 is 3.95. The zero-order chi connectivity index (χ0) is 9.84. The summed E-state index contributed by atoms with van der Waals surface area (Å²) in [4.78, 5) is 10.7. The predicted molar refractivity (Wildman–Crippen MR) is 58.1 cm³/mol. The van der Waals surface area contributed by atoms with Crippen LogP contribution in [0.2, 0.25) is 0 Å². The van der Waals surface area contributed by atoms with Gasteiger partial charge in [0.2, 0.25) is 5.91 Å². The van der Waals surface area contributed by atoms with Crippen molar-refractivity contribution < 1.29 is 4.79 Å². The Balaban J connectivity index is 2.89. The molecule has 1 rings (SSSR count). The smallest absolute Gasteiger partial charge is 0.221 e. The second-order valence-electron chi connectivity index (χ2n) is 2.82. The van der Waals surface area contributed by atoms with Gasteiger partial charge in [0, 0.05) is 18.3 Å². The fourth-order valence-corrected chi connectivity index (χ4v) is 1.32. The molecule has 1 aromatic carbocycles. The largest absolute Gasteiger partial charge is 0.332 e. The van der Waals surface area contributed by atoms with E-state index in [2.05, 4.69) is 22.9 Å². The van der Waals surface area contributed by atoms with Crippen LogP contribution in [0.25, 0.3) is 0 Å². The molecule has 0 bridgehead atoms. The first kappa shape index (κ1) is 9.92. The molecule has 70 valence electrons. The molecule has 1 amide bonds. The molecule has 0 radical (unpaired) electrons.